The number of carboxylic acid groups (broad SMARTS) is 1. The largest absolute Gasteiger partial charge is 0.480 e. The van der Waals surface area contributed by atoms with Crippen molar-refractivity contribution >= 4 is 11.9 Å². The van der Waals surface area contributed by atoms with Crippen molar-refractivity contribution < 1.29 is 14.7 Å². The molecule has 1 fully saturated rings. The molecule has 0 aromatic rings. The number of nitrogens with zero attached hydrogens (tertiary/aromatic N) is 1. The van der Waals surface area contributed by atoms with Gasteiger partial charge in [-0.15, -0.1) is 0 Å². The summed E-state index contributed by atoms with van der Waals surface area (Å²) in [4.78, 5) is 23.5. The number of likely N-dealkylation sites (N-methyl/N-ethyl adjacent to an activating group) is 1. The Morgan fingerprint density at radius 2 is 1.92 bits per heavy atom. The van der Waals surface area contributed by atoms with Gasteiger partial charge < -0.3 is 10.0 Å². The van der Waals surface area contributed by atoms with E-state index in [0.717, 1.165) is 12.8 Å². The van der Waals surface area contributed by atoms with Gasteiger partial charge >= 0.3 is 5.97 Å². The van der Waals surface area contributed by atoms with Crippen LogP contribution in [0, 0.1) is 5.41 Å². The summed E-state index contributed by atoms with van der Waals surface area (Å²) < 4.78 is 0. The fourth-order valence-electron chi connectivity index (χ4n) is 1.17. The Morgan fingerprint density at radius 1 is 1.46 bits per heavy atom. The molecule has 1 amide bonds. The van der Waals surface area contributed by atoms with Crippen LogP contribution in [0.25, 0.3) is 0 Å². The molecule has 0 saturated heterocycles. The van der Waals surface area contributed by atoms with E-state index in [1.54, 1.807) is 7.05 Å². The summed E-state index contributed by atoms with van der Waals surface area (Å²) in [6, 6.07) is -0.732. The molecule has 0 heterocycles. The van der Waals surface area contributed by atoms with Crippen molar-refractivity contribution in [1.29, 1.82) is 0 Å². The Balaban J connectivity index is 2.62. The van der Waals surface area contributed by atoms with Crippen LogP contribution in [-0.2, 0) is 9.59 Å². The molecule has 0 aliphatic heterocycles. The SMILES string of the molecule is C[C@H](C(=O)O)N(C)C(=O)C1(C)CC1. The molecule has 1 aliphatic carbocycles. The Kier molecular flexibility index (Phi) is 2.32. The molecule has 0 aromatic heterocycles. The molecule has 1 atom stereocenters. The maximum atomic E-state index is 11.6. The van der Waals surface area contributed by atoms with E-state index in [4.69, 9.17) is 5.11 Å². The first-order chi connectivity index (χ1) is 5.88. The Hall–Kier alpha value is -1.06. The van der Waals surface area contributed by atoms with E-state index < -0.39 is 12.0 Å². The Labute approximate surface area is 77.5 Å². The average molecular weight is 185 g/mol. The third-order valence-electron chi connectivity index (χ3n) is 2.77. The molecular weight excluding hydrogens is 170 g/mol. The predicted octanol–water partition coefficient (Wildman–Crippen LogP) is 0.718. The second kappa shape index (κ2) is 3.01. The number of aliphatic carboxylic acids is 1. The molecule has 0 radical (unpaired) electrons. The maximum Gasteiger partial charge on any atom is 0.326 e. The minimum absolute atomic E-state index is 0.0533. The number of carbonyl (C=O) groups excluding carboxylic acids is 1. The molecule has 1 N–H and O–H groups in total. The number of rotatable bonds is 3. The highest BCUT2D eigenvalue weighted by molar-refractivity contribution is 5.88. The molecule has 1 aliphatic rings. The van der Waals surface area contributed by atoms with Crippen molar-refractivity contribution in [3.63, 3.8) is 0 Å². The molecule has 0 unspecified atom stereocenters. The van der Waals surface area contributed by atoms with Gasteiger partial charge in [-0.05, 0) is 19.8 Å². The van der Waals surface area contributed by atoms with Crippen molar-refractivity contribution in [2.45, 2.75) is 32.7 Å². The minimum Gasteiger partial charge on any atom is -0.480 e. The number of amides is 1. The summed E-state index contributed by atoms with van der Waals surface area (Å²) in [5, 5.41) is 8.69. The highest BCUT2D eigenvalue weighted by atomic mass is 16.4. The highest BCUT2D eigenvalue weighted by Gasteiger charge is 2.47. The van der Waals surface area contributed by atoms with Crippen LogP contribution in [0.4, 0.5) is 0 Å². The van der Waals surface area contributed by atoms with Crippen molar-refractivity contribution in [3.05, 3.63) is 0 Å². The first-order valence-corrected chi connectivity index (χ1v) is 4.38. The first-order valence-electron chi connectivity index (χ1n) is 4.38. The zero-order valence-corrected chi connectivity index (χ0v) is 8.20. The van der Waals surface area contributed by atoms with Gasteiger partial charge in [0.05, 0.1) is 0 Å². The van der Waals surface area contributed by atoms with E-state index in [1.807, 2.05) is 6.92 Å². The predicted molar refractivity (Wildman–Crippen MR) is 47.2 cm³/mol. The van der Waals surface area contributed by atoms with E-state index >= 15 is 0 Å². The highest BCUT2D eigenvalue weighted by Crippen LogP contribution is 2.46. The number of hydrogen-bond acceptors (Lipinski definition) is 2. The minimum atomic E-state index is -0.958. The van der Waals surface area contributed by atoms with Crippen LogP contribution < -0.4 is 0 Å². The topological polar surface area (TPSA) is 57.6 Å². The fourth-order valence-corrected chi connectivity index (χ4v) is 1.17. The normalized spacial score (nSPS) is 20.5. The lowest BCUT2D eigenvalue weighted by molar-refractivity contribution is -0.150. The molecule has 4 heteroatoms. The van der Waals surface area contributed by atoms with E-state index in [-0.39, 0.29) is 11.3 Å². The van der Waals surface area contributed by atoms with E-state index in [2.05, 4.69) is 0 Å². The maximum absolute atomic E-state index is 11.6. The molecule has 4 nitrogen and oxygen atoms in total. The second-order valence-electron chi connectivity index (χ2n) is 3.99. The van der Waals surface area contributed by atoms with Crippen LogP contribution >= 0.6 is 0 Å². The van der Waals surface area contributed by atoms with Gasteiger partial charge in [-0.2, -0.15) is 0 Å². The van der Waals surface area contributed by atoms with Gasteiger partial charge in [-0.1, -0.05) is 6.92 Å². The molecule has 13 heavy (non-hydrogen) atoms. The summed E-state index contributed by atoms with van der Waals surface area (Å²) in [7, 11) is 1.55. The van der Waals surface area contributed by atoms with Gasteiger partial charge in [-0.3, -0.25) is 4.79 Å². The van der Waals surface area contributed by atoms with Gasteiger partial charge in [0.2, 0.25) is 5.91 Å². The van der Waals surface area contributed by atoms with Crippen LogP contribution in [0.1, 0.15) is 26.7 Å². The Bertz CT molecular complexity index is 245. The third kappa shape index (κ3) is 1.82. The number of carbonyl (C=O) groups is 2. The summed E-state index contributed by atoms with van der Waals surface area (Å²) in [6.45, 7) is 3.40. The molecule has 0 aromatic carbocycles. The second-order valence-corrected chi connectivity index (χ2v) is 3.99. The van der Waals surface area contributed by atoms with Gasteiger partial charge in [0.25, 0.3) is 0 Å². The smallest absolute Gasteiger partial charge is 0.326 e. The van der Waals surface area contributed by atoms with E-state index in [1.165, 1.54) is 11.8 Å². The first kappa shape index (κ1) is 10.0. The zero-order valence-electron chi connectivity index (χ0n) is 8.20. The van der Waals surface area contributed by atoms with Crippen molar-refractivity contribution in [1.82, 2.24) is 4.90 Å². The van der Waals surface area contributed by atoms with E-state index in [9.17, 15) is 9.59 Å². The van der Waals surface area contributed by atoms with Crippen molar-refractivity contribution in [3.8, 4) is 0 Å². The van der Waals surface area contributed by atoms with Crippen LogP contribution in [0.2, 0.25) is 0 Å². The monoisotopic (exact) mass is 185 g/mol. The molecule has 1 saturated carbocycles. The van der Waals surface area contributed by atoms with E-state index in [0.29, 0.717) is 0 Å². The summed E-state index contributed by atoms with van der Waals surface area (Å²) in [5.74, 6) is -1.01. The number of hydrogen-bond donors (Lipinski definition) is 1. The Morgan fingerprint density at radius 3 is 2.23 bits per heavy atom. The van der Waals surface area contributed by atoms with Crippen LogP contribution in [0.15, 0.2) is 0 Å². The lowest BCUT2D eigenvalue weighted by Crippen LogP contribution is -2.43. The summed E-state index contributed by atoms with van der Waals surface area (Å²) in [6.07, 6.45) is 1.75. The summed E-state index contributed by atoms with van der Waals surface area (Å²) >= 11 is 0. The van der Waals surface area contributed by atoms with Crippen LogP contribution in [0.3, 0.4) is 0 Å². The fraction of sp³-hybridized carbons (Fsp3) is 0.778. The zero-order chi connectivity index (χ0) is 10.2. The lowest BCUT2D eigenvalue weighted by Gasteiger charge is -2.24. The van der Waals surface area contributed by atoms with Crippen molar-refractivity contribution in [2.75, 3.05) is 7.05 Å². The van der Waals surface area contributed by atoms with Gasteiger partial charge in [0.15, 0.2) is 0 Å². The lowest BCUT2D eigenvalue weighted by atomic mass is 10.1. The molecule has 0 bridgehead atoms. The molecule has 74 valence electrons. The summed E-state index contributed by atoms with van der Waals surface area (Å²) in [5.41, 5.74) is -0.279. The average Bonchev–Trinajstić information content (AvgIpc) is 2.80. The van der Waals surface area contributed by atoms with Crippen LogP contribution in [-0.4, -0.2) is 35.0 Å². The van der Waals surface area contributed by atoms with Gasteiger partial charge in [0.1, 0.15) is 6.04 Å². The molecule has 0 spiro atoms. The quantitative estimate of drug-likeness (QED) is 0.704. The third-order valence-corrected chi connectivity index (χ3v) is 2.77. The van der Waals surface area contributed by atoms with Crippen molar-refractivity contribution in [2.24, 2.45) is 5.41 Å². The molecule has 1 rings (SSSR count). The molecular formula is C9H15NO3. The van der Waals surface area contributed by atoms with Gasteiger partial charge in [0, 0.05) is 12.5 Å². The van der Waals surface area contributed by atoms with Gasteiger partial charge in [-0.25, -0.2) is 4.79 Å². The standard InChI is InChI=1S/C9H15NO3/c1-6(7(11)12)10(3)8(13)9(2)4-5-9/h6H,4-5H2,1-3H3,(H,11,12)/t6-/m1/s1. The number of carboxylic acids is 1. The van der Waals surface area contributed by atoms with Crippen LogP contribution in [0.5, 0.6) is 0 Å².